The fourth-order valence-electron chi connectivity index (χ4n) is 3.34. The van der Waals surface area contributed by atoms with Crippen LogP contribution >= 0.6 is 11.6 Å². The summed E-state index contributed by atoms with van der Waals surface area (Å²) in [5, 5.41) is 3.29. The maximum atomic E-state index is 12.7. The Morgan fingerprint density at radius 3 is 2.37 bits per heavy atom. The molecule has 2 aromatic carbocycles. The second kappa shape index (κ2) is 10.2. The van der Waals surface area contributed by atoms with E-state index in [-0.39, 0.29) is 24.3 Å². The van der Waals surface area contributed by atoms with Gasteiger partial charge in [0.15, 0.2) is 6.61 Å². The number of methoxy groups -OCH3 is 2. The predicted molar refractivity (Wildman–Crippen MR) is 114 cm³/mol. The highest BCUT2D eigenvalue weighted by atomic mass is 35.5. The Balaban J connectivity index is 1.52. The van der Waals surface area contributed by atoms with E-state index in [0.29, 0.717) is 53.9 Å². The molecular weight excluding hydrogens is 408 g/mol. The van der Waals surface area contributed by atoms with E-state index in [9.17, 15) is 9.59 Å². The monoisotopic (exact) mass is 432 g/mol. The number of anilines is 1. The fraction of sp³-hybridized carbons (Fsp3) is 0.364. The van der Waals surface area contributed by atoms with Crippen LogP contribution in [0.1, 0.15) is 12.8 Å². The van der Waals surface area contributed by atoms with E-state index in [2.05, 4.69) is 5.32 Å². The number of nitrogens with one attached hydrogen (secondary N) is 1. The number of nitrogens with zero attached hydrogens (tertiary/aromatic N) is 1. The molecule has 160 valence electrons. The summed E-state index contributed by atoms with van der Waals surface area (Å²) in [6.07, 6.45) is 1.16. The van der Waals surface area contributed by atoms with Crippen LogP contribution in [0.4, 0.5) is 5.69 Å². The zero-order valence-electron chi connectivity index (χ0n) is 17.0. The number of hydrogen-bond acceptors (Lipinski definition) is 5. The summed E-state index contributed by atoms with van der Waals surface area (Å²) in [5.41, 5.74) is 0.499. The standard InChI is InChI=1S/C22H25ClN2O5/c1-28-19-13-18(20(29-2)12-17(19)23)24-22(27)15-8-10-25(11-9-15)21(26)14-30-16-6-4-3-5-7-16/h3-7,12-13,15H,8-11,14H2,1-2H3,(H,24,27). The lowest BCUT2D eigenvalue weighted by Crippen LogP contribution is -2.43. The Kier molecular flexibility index (Phi) is 7.41. The molecule has 1 fully saturated rings. The van der Waals surface area contributed by atoms with Crippen molar-refractivity contribution in [3.8, 4) is 17.2 Å². The summed E-state index contributed by atoms with van der Waals surface area (Å²) in [5.74, 6) is 1.17. The van der Waals surface area contributed by atoms with Gasteiger partial charge in [0.2, 0.25) is 5.91 Å². The molecule has 3 rings (SSSR count). The number of halogens is 1. The van der Waals surface area contributed by atoms with Crippen LogP contribution in [0.3, 0.4) is 0 Å². The molecular formula is C22H25ClN2O5. The van der Waals surface area contributed by atoms with Crippen LogP contribution in [-0.2, 0) is 9.59 Å². The first kappa shape index (κ1) is 21.8. The third-order valence-corrected chi connectivity index (χ3v) is 5.35. The Labute approximate surface area is 180 Å². The first-order valence-electron chi connectivity index (χ1n) is 9.69. The number of carbonyl (C=O) groups is 2. The summed E-state index contributed by atoms with van der Waals surface area (Å²) in [4.78, 5) is 26.9. The van der Waals surface area contributed by atoms with Crippen molar-refractivity contribution in [3.63, 3.8) is 0 Å². The highest BCUT2D eigenvalue weighted by molar-refractivity contribution is 6.32. The summed E-state index contributed by atoms with van der Waals surface area (Å²) in [6.45, 7) is 1.01. The molecule has 2 amide bonds. The van der Waals surface area contributed by atoms with E-state index in [1.807, 2.05) is 30.3 Å². The number of hydrogen-bond donors (Lipinski definition) is 1. The molecule has 1 aliphatic heterocycles. The fourth-order valence-corrected chi connectivity index (χ4v) is 3.57. The molecule has 0 aromatic heterocycles. The van der Waals surface area contributed by atoms with Crippen LogP contribution in [0.5, 0.6) is 17.2 Å². The molecule has 0 unspecified atom stereocenters. The van der Waals surface area contributed by atoms with Crippen LogP contribution < -0.4 is 19.5 Å². The van der Waals surface area contributed by atoms with Gasteiger partial charge in [-0.2, -0.15) is 0 Å². The maximum absolute atomic E-state index is 12.7. The average Bonchev–Trinajstić information content (AvgIpc) is 2.79. The second-order valence-corrected chi connectivity index (χ2v) is 7.34. The Morgan fingerprint density at radius 1 is 1.07 bits per heavy atom. The zero-order valence-corrected chi connectivity index (χ0v) is 17.8. The van der Waals surface area contributed by atoms with Crippen molar-refractivity contribution in [2.75, 3.05) is 39.2 Å². The Bertz CT molecular complexity index is 883. The summed E-state index contributed by atoms with van der Waals surface area (Å²) in [7, 11) is 3.02. The van der Waals surface area contributed by atoms with E-state index < -0.39 is 0 Å². The summed E-state index contributed by atoms with van der Waals surface area (Å²) < 4.78 is 16.0. The SMILES string of the molecule is COc1cc(NC(=O)C2CCN(C(=O)COc3ccccc3)CC2)c(OC)cc1Cl. The minimum atomic E-state index is -0.199. The first-order valence-corrected chi connectivity index (χ1v) is 10.1. The van der Waals surface area contributed by atoms with Gasteiger partial charge in [0.05, 0.1) is 24.9 Å². The molecule has 8 heteroatoms. The van der Waals surface area contributed by atoms with Crippen LogP contribution in [0, 0.1) is 5.92 Å². The number of amides is 2. The average molecular weight is 433 g/mol. The van der Waals surface area contributed by atoms with Crippen molar-refractivity contribution in [3.05, 3.63) is 47.5 Å². The number of carbonyl (C=O) groups excluding carboxylic acids is 2. The number of piperidine rings is 1. The van der Waals surface area contributed by atoms with Crippen LogP contribution in [0.15, 0.2) is 42.5 Å². The van der Waals surface area contributed by atoms with Crippen LogP contribution in [0.2, 0.25) is 5.02 Å². The van der Waals surface area contributed by atoms with Crippen molar-refractivity contribution in [2.45, 2.75) is 12.8 Å². The highest BCUT2D eigenvalue weighted by Gasteiger charge is 2.28. The van der Waals surface area contributed by atoms with Crippen molar-refractivity contribution in [1.29, 1.82) is 0 Å². The lowest BCUT2D eigenvalue weighted by Gasteiger charge is -2.31. The quantitative estimate of drug-likeness (QED) is 0.723. The molecule has 0 spiro atoms. The highest BCUT2D eigenvalue weighted by Crippen LogP contribution is 2.36. The molecule has 30 heavy (non-hydrogen) atoms. The molecule has 1 aliphatic rings. The normalized spacial score (nSPS) is 14.2. The van der Waals surface area contributed by atoms with Gasteiger partial charge in [0.1, 0.15) is 17.2 Å². The van der Waals surface area contributed by atoms with Gasteiger partial charge >= 0.3 is 0 Å². The Hall–Kier alpha value is -2.93. The van der Waals surface area contributed by atoms with Crippen molar-refractivity contribution in [2.24, 2.45) is 5.92 Å². The number of benzene rings is 2. The van der Waals surface area contributed by atoms with E-state index in [1.165, 1.54) is 14.2 Å². The maximum Gasteiger partial charge on any atom is 0.260 e. The van der Waals surface area contributed by atoms with E-state index in [0.717, 1.165) is 0 Å². The van der Waals surface area contributed by atoms with Crippen molar-refractivity contribution in [1.82, 2.24) is 4.90 Å². The van der Waals surface area contributed by atoms with Gasteiger partial charge in [-0.1, -0.05) is 29.8 Å². The zero-order chi connectivity index (χ0) is 21.5. The minimum Gasteiger partial charge on any atom is -0.495 e. The molecule has 1 heterocycles. The van der Waals surface area contributed by atoms with E-state index >= 15 is 0 Å². The van der Waals surface area contributed by atoms with Gasteiger partial charge < -0.3 is 24.4 Å². The lowest BCUT2D eigenvalue weighted by molar-refractivity contribution is -0.136. The van der Waals surface area contributed by atoms with Gasteiger partial charge in [-0.3, -0.25) is 9.59 Å². The van der Waals surface area contributed by atoms with Crippen molar-refractivity contribution < 1.29 is 23.8 Å². The molecule has 7 nitrogen and oxygen atoms in total. The van der Waals surface area contributed by atoms with Gasteiger partial charge in [0.25, 0.3) is 5.91 Å². The Morgan fingerprint density at radius 2 is 1.73 bits per heavy atom. The summed E-state index contributed by atoms with van der Waals surface area (Å²) >= 11 is 6.11. The topological polar surface area (TPSA) is 77.1 Å². The second-order valence-electron chi connectivity index (χ2n) is 6.93. The third-order valence-electron chi connectivity index (χ3n) is 5.06. The van der Waals surface area contributed by atoms with Crippen LogP contribution in [-0.4, -0.2) is 50.6 Å². The number of rotatable bonds is 7. The number of para-hydroxylation sites is 1. The molecule has 0 atom stereocenters. The number of likely N-dealkylation sites (tertiary alicyclic amines) is 1. The van der Waals surface area contributed by atoms with Gasteiger partial charge in [0, 0.05) is 31.1 Å². The third kappa shape index (κ3) is 5.36. The number of ether oxygens (including phenoxy) is 3. The van der Waals surface area contributed by atoms with Gasteiger partial charge in [-0.15, -0.1) is 0 Å². The molecule has 0 bridgehead atoms. The van der Waals surface area contributed by atoms with Gasteiger partial charge in [-0.05, 0) is 25.0 Å². The van der Waals surface area contributed by atoms with Crippen molar-refractivity contribution >= 4 is 29.1 Å². The summed E-state index contributed by atoms with van der Waals surface area (Å²) in [6, 6.07) is 12.5. The molecule has 0 radical (unpaired) electrons. The smallest absolute Gasteiger partial charge is 0.260 e. The van der Waals surface area contributed by atoms with Crippen LogP contribution in [0.25, 0.3) is 0 Å². The van der Waals surface area contributed by atoms with E-state index in [4.69, 9.17) is 25.8 Å². The molecule has 1 N–H and O–H groups in total. The van der Waals surface area contributed by atoms with Gasteiger partial charge in [-0.25, -0.2) is 0 Å². The van der Waals surface area contributed by atoms with E-state index in [1.54, 1.807) is 17.0 Å². The lowest BCUT2D eigenvalue weighted by atomic mass is 9.95. The molecule has 0 aliphatic carbocycles. The molecule has 2 aromatic rings. The largest absolute Gasteiger partial charge is 0.495 e. The molecule has 0 saturated carbocycles. The first-order chi connectivity index (χ1) is 14.5. The molecule has 1 saturated heterocycles. The minimum absolute atomic E-state index is 0.0113. The predicted octanol–water partition coefficient (Wildman–Crippen LogP) is 3.61.